The lowest BCUT2D eigenvalue weighted by Crippen LogP contribution is -2.45. The molecule has 3 heteroatoms. The normalized spacial score (nSPS) is 20.4. The van der Waals surface area contributed by atoms with Gasteiger partial charge >= 0.3 is 0 Å². The molecule has 92 valence electrons. The highest BCUT2D eigenvalue weighted by atomic mass is 16.2. The minimum Gasteiger partial charge on any atom is -0.337 e. The van der Waals surface area contributed by atoms with Gasteiger partial charge in [0.1, 0.15) is 0 Å². The van der Waals surface area contributed by atoms with Gasteiger partial charge in [-0.2, -0.15) is 0 Å². The fraction of sp³-hybridized carbons (Fsp3) is 0.500. The molecule has 17 heavy (non-hydrogen) atoms. The zero-order valence-electron chi connectivity index (χ0n) is 10.6. The Balaban J connectivity index is 2.21. The van der Waals surface area contributed by atoms with Crippen LogP contribution in [0, 0.1) is 13.8 Å². The molecule has 1 aliphatic heterocycles. The van der Waals surface area contributed by atoms with Crippen LogP contribution in [0.4, 0.5) is 0 Å². The topological polar surface area (TPSA) is 46.3 Å². The summed E-state index contributed by atoms with van der Waals surface area (Å²) in [5.41, 5.74) is 8.90. The smallest absolute Gasteiger partial charge is 0.254 e. The van der Waals surface area contributed by atoms with E-state index in [-0.39, 0.29) is 11.9 Å². The predicted octanol–water partition coefficient (Wildman–Crippen LogP) is 1.87. The minimum absolute atomic E-state index is 0.126. The maximum absolute atomic E-state index is 12.4. The average molecular weight is 232 g/mol. The number of hydrogen-bond acceptors (Lipinski definition) is 2. The number of benzene rings is 1. The van der Waals surface area contributed by atoms with E-state index in [1.807, 2.05) is 36.9 Å². The molecule has 3 nitrogen and oxygen atoms in total. The van der Waals surface area contributed by atoms with E-state index in [2.05, 4.69) is 0 Å². The summed E-state index contributed by atoms with van der Waals surface area (Å²) < 4.78 is 0. The Morgan fingerprint density at radius 2 is 2.18 bits per heavy atom. The van der Waals surface area contributed by atoms with E-state index >= 15 is 0 Å². The summed E-state index contributed by atoms with van der Waals surface area (Å²) in [5, 5.41) is 0. The van der Waals surface area contributed by atoms with Gasteiger partial charge in [-0.15, -0.1) is 0 Å². The van der Waals surface area contributed by atoms with Crippen LogP contribution in [-0.4, -0.2) is 29.9 Å². The van der Waals surface area contributed by atoms with Crippen LogP contribution in [0.3, 0.4) is 0 Å². The van der Waals surface area contributed by atoms with Crippen molar-refractivity contribution in [3.05, 3.63) is 34.9 Å². The molecule has 1 saturated heterocycles. The average Bonchev–Trinajstić information content (AvgIpc) is 2.31. The molecule has 1 aliphatic rings. The molecule has 1 fully saturated rings. The largest absolute Gasteiger partial charge is 0.337 e. The minimum atomic E-state index is 0.126. The Morgan fingerprint density at radius 3 is 2.88 bits per heavy atom. The first-order chi connectivity index (χ1) is 8.08. The van der Waals surface area contributed by atoms with Crippen LogP contribution in [0.5, 0.6) is 0 Å². The monoisotopic (exact) mass is 232 g/mol. The van der Waals surface area contributed by atoms with Gasteiger partial charge in [-0.3, -0.25) is 4.79 Å². The molecular weight excluding hydrogens is 212 g/mol. The van der Waals surface area contributed by atoms with Crippen molar-refractivity contribution in [2.75, 3.05) is 13.1 Å². The summed E-state index contributed by atoms with van der Waals surface area (Å²) in [5.74, 6) is 0.126. The maximum atomic E-state index is 12.4. The van der Waals surface area contributed by atoms with E-state index in [4.69, 9.17) is 5.73 Å². The molecule has 1 amide bonds. The second-order valence-corrected chi connectivity index (χ2v) is 4.97. The zero-order valence-corrected chi connectivity index (χ0v) is 10.6. The van der Waals surface area contributed by atoms with Crippen molar-refractivity contribution in [1.29, 1.82) is 0 Å². The summed E-state index contributed by atoms with van der Waals surface area (Å²) in [7, 11) is 0. The fourth-order valence-electron chi connectivity index (χ4n) is 2.33. The third-order valence-corrected chi connectivity index (χ3v) is 3.37. The molecule has 0 aliphatic carbocycles. The van der Waals surface area contributed by atoms with Gasteiger partial charge in [0, 0.05) is 24.7 Å². The van der Waals surface area contributed by atoms with Crippen molar-refractivity contribution >= 4 is 5.91 Å². The van der Waals surface area contributed by atoms with E-state index in [1.165, 1.54) is 0 Å². The molecule has 1 aromatic rings. The highest BCUT2D eigenvalue weighted by Crippen LogP contribution is 2.16. The Morgan fingerprint density at radius 1 is 1.41 bits per heavy atom. The van der Waals surface area contributed by atoms with Crippen molar-refractivity contribution in [2.45, 2.75) is 32.7 Å². The SMILES string of the molecule is Cc1ccc(C)c(C(=O)N2CCC[C@@H](N)C2)c1. The van der Waals surface area contributed by atoms with Gasteiger partial charge in [0.2, 0.25) is 0 Å². The summed E-state index contributed by atoms with van der Waals surface area (Å²) in [6.45, 7) is 5.51. The van der Waals surface area contributed by atoms with Crippen molar-refractivity contribution < 1.29 is 4.79 Å². The van der Waals surface area contributed by atoms with Crippen molar-refractivity contribution in [3.8, 4) is 0 Å². The molecule has 0 saturated carbocycles. The maximum Gasteiger partial charge on any atom is 0.254 e. The van der Waals surface area contributed by atoms with Crippen LogP contribution in [-0.2, 0) is 0 Å². The highest BCUT2D eigenvalue weighted by Gasteiger charge is 2.23. The first kappa shape index (κ1) is 12.1. The molecule has 0 spiro atoms. The lowest BCUT2D eigenvalue weighted by atomic mass is 10.0. The number of nitrogens with zero attached hydrogens (tertiary/aromatic N) is 1. The zero-order chi connectivity index (χ0) is 12.4. The van der Waals surface area contributed by atoms with Crippen LogP contribution in [0.15, 0.2) is 18.2 Å². The molecule has 2 rings (SSSR count). The Hall–Kier alpha value is -1.35. The van der Waals surface area contributed by atoms with Gasteiger partial charge in [-0.05, 0) is 38.3 Å². The van der Waals surface area contributed by atoms with E-state index in [9.17, 15) is 4.79 Å². The van der Waals surface area contributed by atoms with Crippen molar-refractivity contribution in [2.24, 2.45) is 5.73 Å². The summed E-state index contributed by atoms with van der Waals surface area (Å²) >= 11 is 0. The number of rotatable bonds is 1. The predicted molar refractivity (Wildman–Crippen MR) is 69.0 cm³/mol. The number of nitrogens with two attached hydrogens (primary N) is 1. The summed E-state index contributed by atoms with van der Waals surface area (Å²) in [4.78, 5) is 14.3. The fourth-order valence-corrected chi connectivity index (χ4v) is 2.33. The van der Waals surface area contributed by atoms with E-state index in [0.29, 0.717) is 6.54 Å². The van der Waals surface area contributed by atoms with Gasteiger partial charge in [0.05, 0.1) is 0 Å². The second kappa shape index (κ2) is 4.88. The lowest BCUT2D eigenvalue weighted by molar-refractivity contribution is 0.0708. The molecule has 1 heterocycles. The number of hydrogen-bond donors (Lipinski definition) is 1. The van der Waals surface area contributed by atoms with Gasteiger partial charge in [0.15, 0.2) is 0 Å². The van der Waals surface area contributed by atoms with Gasteiger partial charge in [0.25, 0.3) is 5.91 Å². The molecular formula is C14H20N2O. The highest BCUT2D eigenvalue weighted by molar-refractivity contribution is 5.95. The Kier molecular flexibility index (Phi) is 3.48. The first-order valence-electron chi connectivity index (χ1n) is 6.20. The number of aryl methyl sites for hydroxylation is 2. The molecule has 0 bridgehead atoms. The van der Waals surface area contributed by atoms with Crippen LogP contribution < -0.4 is 5.73 Å². The molecule has 0 radical (unpaired) electrons. The van der Waals surface area contributed by atoms with E-state index in [1.54, 1.807) is 0 Å². The van der Waals surface area contributed by atoms with Gasteiger partial charge < -0.3 is 10.6 Å². The van der Waals surface area contributed by atoms with Gasteiger partial charge in [-0.1, -0.05) is 17.7 Å². The van der Waals surface area contributed by atoms with Crippen molar-refractivity contribution in [1.82, 2.24) is 4.90 Å². The number of carbonyl (C=O) groups excluding carboxylic acids is 1. The Labute approximate surface area is 103 Å². The van der Waals surface area contributed by atoms with Crippen LogP contribution in [0.1, 0.15) is 34.3 Å². The number of likely N-dealkylation sites (tertiary alicyclic amines) is 1. The molecule has 1 atom stereocenters. The third-order valence-electron chi connectivity index (χ3n) is 3.37. The second-order valence-electron chi connectivity index (χ2n) is 4.97. The Bertz CT molecular complexity index is 428. The first-order valence-corrected chi connectivity index (χ1v) is 6.20. The molecule has 0 aromatic heterocycles. The molecule has 1 aromatic carbocycles. The lowest BCUT2D eigenvalue weighted by Gasteiger charge is -2.31. The van der Waals surface area contributed by atoms with Crippen LogP contribution in [0.2, 0.25) is 0 Å². The number of piperidine rings is 1. The van der Waals surface area contributed by atoms with Crippen LogP contribution in [0.25, 0.3) is 0 Å². The molecule has 2 N–H and O–H groups in total. The van der Waals surface area contributed by atoms with E-state index < -0.39 is 0 Å². The van der Waals surface area contributed by atoms with Crippen molar-refractivity contribution in [3.63, 3.8) is 0 Å². The van der Waals surface area contributed by atoms with E-state index in [0.717, 1.165) is 36.1 Å². The third kappa shape index (κ3) is 2.67. The number of amides is 1. The quantitative estimate of drug-likeness (QED) is 0.803. The summed E-state index contributed by atoms with van der Waals surface area (Å²) in [6.07, 6.45) is 2.04. The van der Waals surface area contributed by atoms with Gasteiger partial charge in [-0.25, -0.2) is 0 Å². The summed E-state index contributed by atoms with van der Waals surface area (Å²) in [6, 6.07) is 6.15. The number of carbonyl (C=O) groups is 1. The van der Waals surface area contributed by atoms with Crippen LogP contribution >= 0.6 is 0 Å². The molecule has 0 unspecified atom stereocenters. The standard InChI is InChI=1S/C14H20N2O/c1-10-5-6-11(2)13(8-10)14(17)16-7-3-4-12(15)9-16/h5-6,8,12H,3-4,7,9,15H2,1-2H3/t12-/m1/s1.